The molecule has 0 aliphatic rings. The molecular formula is C11H17NOS. The largest absolute Gasteiger partial charge is 0.249 e. The number of unbranched alkanes of at least 4 members (excludes halogenated alkanes) is 1. The lowest BCUT2D eigenvalue weighted by molar-refractivity contribution is 0.671. The smallest absolute Gasteiger partial charge is 0.0726 e. The van der Waals surface area contributed by atoms with Gasteiger partial charge in [-0.25, -0.2) is 8.99 Å². The van der Waals surface area contributed by atoms with Crippen molar-refractivity contribution in [2.45, 2.75) is 31.6 Å². The van der Waals surface area contributed by atoms with Crippen LogP contribution in [0.15, 0.2) is 29.2 Å². The average Bonchev–Trinajstić information content (AvgIpc) is 2.16. The molecule has 2 nitrogen and oxygen atoms in total. The molecule has 0 heterocycles. The minimum Gasteiger partial charge on any atom is -0.249 e. The Hall–Kier alpha value is -0.830. The van der Waals surface area contributed by atoms with Gasteiger partial charge < -0.3 is 0 Å². The summed E-state index contributed by atoms with van der Waals surface area (Å²) in [7, 11) is -2.54. The molecule has 1 N–H and O–H groups in total. The van der Waals surface area contributed by atoms with E-state index in [4.69, 9.17) is 4.78 Å². The first-order valence-electron chi connectivity index (χ1n) is 4.89. The van der Waals surface area contributed by atoms with Crippen LogP contribution in [0.2, 0.25) is 0 Å². The summed E-state index contributed by atoms with van der Waals surface area (Å²) in [6.45, 7) is 4.03. The van der Waals surface area contributed by atoms with Crippen molar-refractivity contribution < 1.29 is 4.21 Å². The van der Waals surface area contributed by atoms with Gasteiger partial charge in [0, 0.05) is 10.6 Å². The van der Waals surface area contributed by atoms with Gasteiger partial charge in [-0.15, -0.1) is 0 Å². The number of hydrogen-bond acceptors (Lipinski definition) is 2. The summed E-state index contributed by atoms with van der Waals surface area (Å²) in [4.78, 5) is 0.663. The Labute approximate surface area is 86.3 Å². The van der Waals surface area contributed by atoms with Gasteiger partial charge in [-0.1, -0.05) is 31.0 Å². The number of nitrogens with one attached hydrogen (secondary N) is 1. The molecule has 0 spiro atoms. The van der Waals surface area contributed by atoms with Crippen LogP contribution >= 0.6 is 0 Å². The standard InChI is InChI=1S/C11H17NOS/c1-3-4-9-14(12,13)11-7-5-10(2)6-8-11/h5-8,12H,3-4,9H2,1-2H3/t14-/m1/s1. The molecule has 0 amide bonds. The van der Waals surface area contributed by atoms with E-state index in [9.17, 15) is 4.21 Å². The Morgan fingerprint density at radius 2 is 1.86 bits per heavy atom. The average molecular weight is 211 g/mol. The van der Waals surface area contributed by atoms with Crippen molar-refractivity contribution in [3.63, 3.8) is 0 Å². The van der Waals surface area contributed by atoms with E-state index >= 15 is 0 Å². The van der Waals surface area contributed by atoms with Crippen LogP contribution < -0.4 is 0 Å². The topological polar surface area (TPSA) is 40.9 Å². The minimum atomic E-state index is -2.54. The van der Waals surface area contributed by atoms with Crippen molar-refractivity contribution in [2.24, 2.45) is 0 Å². The highest BCUT2D eigenvalue weighted by molar-refractivity contribution is 7.92. The quantitative estimate of drug-likeness (QED) is 0.816. The van der Waals surface area contributed by atoms with Crippen LogP contribution in [0.25, 0.3) is 0 Å². The summed E-state index contributed by atoms with van der Waals surface area (Å²) >= 11 is 0. The van der Waals surface area contributed by atoms with Crippen molar-refractivity contribution >= 4 is 9.73 Å². The van der Waals surface area contributed by atoms with Gasteiger partial charge in [0.25, 0.3) is 0 Å². The number of rotatable bonds is 4. The lowest BCUT2D eigenvalue weighted by Crippen LogP contribution is -2.04. The third-order valence-corrected chi connectivity index (χ3v) is 4.08. The van der Waals surface area contributed by atoms with Crippen molar-refractivity contribution in [3.8, 4) is 0 Å². The van der Waals surface area contributed by atoms with Crippen molar-refractivity contribution in [1.82, 2.24) is 0 Å². The van der Waals surface area contributed by atoms with E-state index in [0.717, 1.165) is 18.4 Å². The third kappa shape index (κ3) is 2.84. The first-order chi connectivity index (χ1) is 6.56. The summed E-state index contributed by atoms with van der Waals surface area (Å²) in [6, 6.07) is 7.44. The molecule has 0 radical (unpaired) electrons. The lowest BCUT2D eigenvalue weighted by atomic mass is 10.2. The maximum Gasteiger partial charge on any atom is 0.0726 e. The Morgan fingerprint density at radius 3 is 2.36 bits per heavy atom. The molecule has 0 fully saturated rings. The predicted molar refractivity (Wildman–Crippen MR) is 60.1 cm³/mol. The van der Waals surface area contributed by atoms with E-state index in [2.05, 4.69) is 0 Å². The van der Waals surface area contributed by atoms with Gasteiger partial charge >= 0.3 is 0 Å². The Morgan fingerprint density at radius 1 is 1.29 bits per heavy atom. The molecule has 1 rings (SSSR count). The fourth-order valence-electron chi connectivity index (χ4n) is 1.22. The highest BCUT2D eigenvalue weighted by Crippen LogP contribution is 2.14. The number of benzene rings is 1. The van der Waals surface area contributed by atoms with Gasteiger partial charge in [-0.05, 0) is 25.5 Å². The summed E-state index contributed by atoms with van der Waals surface area (Å²) < 4.78 is 19.7. The van der Waals surface area contributed by atoms with E-state index in [1.54, 1.807) is 12.1 Å². The van der Waals surface area contributed by atoms with Crippen LogP contribution in [0.4, 0.5) is 0 Å². The molecule has 3 heteroatoms. The van der Waals surface area contributed by atoms with Gasteiger partial charge in [-0.3, -0.25) is 0 Å². The second kappa shape index (κ2) is 4.60. The van der Waals surface area contributed by atoms with Gasteiger partial charge in [0.1, 0.15) is 0 Å². The van der Waals surface area contributed by atoms with Crippen LogP contribution in [-0.2, 0) is 9.73 Å². The molecule has 14 heavy (non-hydrogen) atoms. The highest BCUT2D eigenvalue weighted by Gasteiger charge is 2.08. The van der Waals surface area contributed by atoms with Crippen LogP contribution in [0.5, 0.6) is 0 Å². The van der Waals surface area contributed by atoms with E-state index in [1.807, 2.05) is 26.0 Å². The molecule has 1 aromatic carbocycles. The van der Waals surface area contributed by atoms with E-state index in [1.165, 1.54) is 0 Å². The van der Waals surface area contributed by atoms with E-state index in [-0.39, 0.29) is 0 Å². The zero-order valence-electron chi connectivity index (χ0n) is 8.75. The highest BCUT2D eigenvalue weighted by atomic mass is 32.2. The lowest BCUT2D eigenvalue weighted by Gasteiger charge is -2.06. The first-order valence-corrected chi connectivity index (χ1v) is 6.62. The monoisotopic (exact) mass is 211 g/mol. The van der Waals surface area contributed by atoms with Gasteiger partial charge in [0.05, 0.1) is 9.73 Å². The van der Waals surface area contributed by atoms with Gasteiger partial charge in [-0.2, -0.15) is 0 Å². The summed E-state index contributed by atoms with van der Waals surface area (Å²) in [5.74, 6) is 0.479. The summed E-state index contributed by atoms with van der Waals surface area (Å²) in [5, 5.41) is 0. The van der Waals surface area contributed by atoms with Gasteiger partial charge in [0.2, 0.25) is 0 Å². The number of hydrogen-bond donors (Lipinski definition) is 1. The normalized spacial score (nSPS) is 15.0. The maximum atomic E-state index is 11.9. The van der Waals surface area contributed by atoms with E-state index in [0.29, 0.717) is 10.6 Å². The Bertz CT molecular complexity index is 378. The second-order valence-corrected chi connectivity index (χ2v) is 5.78. The zero-order chi connectivity index (χ0) is 10.6. The van der Waals surface area contributed by atoms with Gasteiger partial charge in [0.15, 0.2) is 0 Å². The van der Waals surface area contributed by atoms with Crippen LogP contribution in [0, 0.1) is 11.7 Å². The van der Waals surface area contributed by atoms with Crippen molar-refractivity contribution in [1.29, 1.82) is 4.78 Å². The molecular weight excluding hydrogens is 194 g/mol. The molecule has 0 aliphatic carbocycles. The SMILES string of the molecule is CCCC[S@@](=N)(=O)c1ccc(C)cc1. The number of aryl methyl sites for hydroxylation is 1. The first kappa shape index (κ1) is 11.2. The zero-order valence-corrected chi connectivity index (χ0v) is 9.56. The maximum absolute atomic E-state index is 11.9. The molecule has 0 unspecified atom stereocenters. The molecule has 78 valence electrons. The van der Waals surface area contributed by atoms with Crippen LogP contribution in [0.3, 0.4) is 0 Å². The third-order valence-electron chi connectivity index (χ3n) is 2.19. The molecule has 1 atom stereocenters. The minimum absolute atomic E-state index is 0.479. The molecule has 0 saturated heterocycles. The molecule has 0 aromatic heterocycles. The van der Waals surface area contributed by atoms with Crippen LogP contribution in [-0.4, -0.2) is 9.96 Å². The predicted octanol–water partition coefficient (Wildman–Crippen LogP) is 3.20. The molecule has 0 bridgehead atoms. The Balaban J connectivity index is 2.87. The molecule has 0 saturated carbocycles. The Kier molecular flexibility index (Phi) is 3.69. The molecule has 1 aromatic rings. The second-order valence-electron chi connectivity index (χ2n) is 3.55. The fourth-order valence-corrected chi connectivity index (χ4v) is 2.73. The molecule has 0 aliphatic heterocycles. The summed E-state index contributed by atoms with van der Waals surface area (Å²) in [6.07, 6.45) is 1.85. The van der Waals surface area contributed by atoms with E-state index < -0.39 is 9.73 Å². The van der Waals surface area contributed by atoms with Crippen LogP contribution in [0.1, 0.15) is 25.3 Å². The fraction of sp³-hybridized carbons (Fsp3) is 0.455. The van der Waals surface area contributed by atoms with Crippen molar-refractivity contribution in [2.75, 3.05) is 5.75 Å². The summed E-state index contributed by atoms with van der Waals surface area (Å²) in [5.41, 5.74) is 1.14. The van der Waals surface area contributed by atoms with Crippen molar-refractivity contribution in [3.05, 3.63) is 29.8 Å².